The van der Waals surface area contributed by atoms with Gasteiger partial charge in [0.25, 0.3) is 11.8 Å². The number of nitrogen functional groups attached to an aromatic ring is 1. The van der Waals surface area contributed by atoms with Crippen molar-refractivity contribution in [1.82, 2.24) is 24.6 Å². The van der Waals surface area contributed by atoms with Gasteiger partial charge < -0.3 is 20.5 Å². The van der Waals surface area contributed by atoms with E-state index in [1.807, 2.05) is 0 Å². The monoisotopic (exact) mass is 460 g/mol. The fraction of sp³-hybridized carbons (Fsp3) is 0.333. The zero-order valence-corrected chi connectivity index (χ0v) is 18.5. The standard InChI is InChI=1S/C21H22ClFN6O3/c1-10-16-14-8-25-19(24)20(26-14)32-11(2)17-12(4-5-13(23)18(17)22)21(31)28(3)9-15(16)29(27-10)6-7-30/h4-5,8,11,30H,6-7,9H2,1-3H3,(H2,24,25). The minimum Gasteiger partial charge on any atom is -0.467 e. The summed E-state index contributed by atoms with van der Waals surface area (Å²) in [6, 6.07) is 2.52. The first-order valence-electron chi connectivity index (χ1n) is 9.93. The molecule has 2 aromatic heterocycles. The second kappa shape index (κ2) is 8.36. The number of hydrogen-bond acceptors (Lipinski definition) is 7. The molecule has 3 aromatic rings. The van der Waals surface area contributed by atoms with E-state index >= 15 is 0 Å². The Balaban J connectivity index is 1.99. The maximum Gasteiger partial charge on any atom is 0.258 e. The molecule has 3 heterocycles. The predicted octanol–water partition coefficient (Wildman–Crippen LogP) is 2.74. The van der Waals surface area contributed by atoms with Gasteiger partial charge in [0.2, 0.25) is 0 Å². The number of benzene rings is 1. The Kier molecular flexibility index (Phi) is 5.74. The summed E-state index contributed by atoms with van der Waals surface area (Å²) >= 11 is 6.25. The van der Waals surface area contributed by atoms with Crippen molar-refractivity contribution in [2.45, 2.75) is 33.0 Å². The molecule has 4 rings (SSSR count). The number of nitrogens with two attached hydrogens (primary N) is 1. The van der Waals surface area contributed by atoms with E-state index < -0.39 is 11.9 Å². The zero-order valence-electron chi connectivity index (χ0n) is 17.8. The van der Waals surface area contributed by atoms with Crippen LogP contribution in [0.25, 0.3) is 11.3 Å². The lowest BCUT2D eigenvalue weighted by Crippen LogP contribution is -2.30. The SMILES string of the molecule is Cc1nn(CCO)c2c1-c1cnc(N)c(n1)OC(C)c1c(ccc(F)c1Cl)C(=O)N(C)C2. The first-order chi connectivity index (χ1) is 15.2. The molecule has 0 saturated carbocycles. The Morgan fingerprint density at radius 3 is 2.88 bits per heavy atom. The fourth-order valence-electron chi connectivity index (χ4n) is 3.87. The van der Waals surface area contributed by atoms with E-state index in [1.54, 1.807) is 25.6 Å². The number of amides is 1. The van der Waals surface area contributed by atoms with Crippen LogP contribution in [0.15, 0.2) is 18.3 Å². The van der Waals surface area contributed by atoms with Crippen molar-refractivity contribution in [2.75, 3.05) is 19.4 Å². The number of anilines is 1. The van der Waals surface area contributed by atoms with Gasteiger partial charge in [0.15, 0.2) is 5.82 Å². The van der Waals surface area contributed by atoms with Crippen LogP contribution in [-0.2, 0) is 13.1 Å². The predicted molar refractivity (Wildman–Crippen MR) is 116 cm³/mol. The summed E-state index contributed by atoms with van der Waals surface area (Å²) in [6.07, 6.45) is 0.659. The molecular weight excluding hydrogens is 439 g/mol. The molecule has 1 unspecified atom stereocenters. The van der Waals surface area contributed by atoms with Crippen molar-refractivity contribution < 1.29 is 19.0 Å². The van der Waals surface area contributed by atoms with Crippen LogP contribution in [-0.4, -0.2) is 49.3 Å². The number of carbonyl (C=O) groups excluding carboxylic acids is 1. The van der Waals surface area contributed by atoms with Crippen LogP contribution in [0.3, 0.4) is 0 Å². The molecule has 0 spiro atoms. The Bertz CT molecular complexity index is 1210. The lowest BCUT2D eigenvalue weighted by atomic mass is 10.0. The van der Waals surface area contributed by atoms with Crippen molar-refractivity contribution in [3.8, 4) is 17.1 Å². The molecule has 0 saturated heterocycles. The Morgan fingerprint density at radius 1 is 1.41 bits per heavy atom. The fourth-order valence-corrected chi connectivity index (χ4v) is 4.19. The number of fused-ring (bicyclic) bond motifs is 5. The van der Waals surface area contributed by atoms with Crippen LogP contribution in [0, 0.1) is 12.7 Å². The minimum atomic E-state index is -0.838. The molecule has 1 aliphatic rings. The smallest absolute Gasteiger partial charge is 0.258 e. The Hall–Kier alpha value is -3.24. The number of aryl methyl sites for hydroxylation is 1. The summed E-state index contributed by atoms with van der Waals surface area (Å²) in [4.78, 5) is 23.6. The summed E-state index contributed by atoms with van der Waals surface area (Å²) in [5.74, 6) is -0.976. The van der Waals surface area contributed by atoms with Gasteiger partial charge in [-0.25, -0.2) is 14.4 Å². The van der Waals surface area contributed by atoms with Crippen molar-refractivity contribution in [1.29, 1.82) is 0 Å². The van der Waals surface area contributed by atoms with Gasteiger partial charge in [-0.3, -0.25) is 9.48 Å². The second-order valence-corrected chi connectivity index (χ2v) is 7.92. The van der Waals surface area contributed by atoms with E-state index in [9.17, 15) is 14.3 Å². The highest BCUT2D eigenvalue weighted by atomic mass is 35.5. The van der Waals surface area contributed by atoms with E-state index in [1.165, 1.54) is 17.2 Å². The number of aliphatic hydroxyl groups is 1. The van der Waals surface area contributed by atoms with Gasteiger partial charge in [-0.15, -0.1) is 0 Å². The van der Waals surface area contributed by atoms with Crippen LogP contribution in [0.1, 0.15) is 40.3 Å². The summed E-state index contributed by atoms with van der Waals surface area (Å²) in [6.45, 7) is 3.68. The maximum absolute atomic E-state index is 14.3. The summed E-state index contributed by atoms with van der Waals surface area (Å²) < 4.78 is 21.8. The van der Waals surface area contributed by atoms with Crippen LogP contribution in [0.5, 0.6) is 5.88 Å². The Morgan fingerprint density at radius 2 is 2.16 bits per heavy atom. The maximum atomic E-state index is 14.3. The summed E-state index contributed by atoms with van der Waals surface area (Å²) in [5, 5.41) is 13.8. The number of halogens is 2. The number of ether oxygens (including phenoxy) is 1. The number of aromatic nitrogens is 4. The van der Waals surface area contributed by atoms with E-state index in [0.717, 1.165) is 6.07 Å². The molecular formula is C21H22ClFN6O3. The largest absolute Gasteiger partial charge is 0.467 e. The van der Waals surface area contributed by atoms with Crippen LogP contribution in [0.2, 0.25) is 5.02 Å². The first-order valence-corrected chi connectivity index (χ1v) is 10.3. The molecule has 9 nitrogen and oxygen atoms in total. The van der Waals surface area contributed by atoms with Crippen molar-refractivity contribution in [3.05, 3.63) is 51.7 Å². The minimum absolute atomic E-state index is 0.0305. The molecule has 3 N–H and O–H groups in total. The highest BCUT2D eigenvalue weighted by Crippen LogP contribution is 2.36. The topological polar surface area (TPSA) is 119 Å². The molecule has 1 atom stereocenters. The highest BCUT2D eigenvalue weighted by Gasteiger charge is 2.29. The van der Waals surface area contributed by atoms with E-state index in [4.69, 9.17) is 22.1 Å². The van der Waals surface area contributed by atoms with Crippen LogP contribution >= 0.6 is 11.6 Å². The molecule has 2 bridgehead atoms. The number of nitrogens with zero attached hydrogens (tertiary/aromatic N) is 5. The van der Waals surface area contributed by atoms with Crippen molar-refractivity contribution in [3.63, 3.8) is 0 Å². The van der Waals surface area contributed by atoms with E-state index in [-0.39, 0.29) is 53.5 Å². The molecule has 0 fully saturated rings. The van der Waals surface area contributed by atoms with Gasteiger partial charge in [0.1, 0.15) is 11.9 Å². The van der Waals surface area contributed by atoms with E-state index in [0.29, 0.717) is 22.6 Å². The molecule has 0 radical (unpaired) electrons. The number of carbonyl (C=O) groups is 1. The normalized spacial score (nSPS) is 16.0. The van der Waals surface area contributed by atoms with Gasteiger partial charge in [-0.2, -0.15) is 5.10 Å². The van der Waals surface area contributed by atoms with Gasteiger partial charge >= 0.3 is 0 Å². The molecule has 1 aromatic carbocycles. The van der Waals surface area contributed by atoms with Crippen LogP contribution in [0.4, 0.5) is 10.2 Å². The third-order valence-electron chi connectivity index (χ3n) is 5.36. The molecule has 1 amide bonds. The lowest BCUT2D eigenvalue weighted by Gasteiger charge is -2.25. The second-order valence-electron chi connectivity index (χ2n) is 7.54. The number of aliphatic hydroxyl groups excluding tert-OH is 1. The molecule has 1 aliphatic heterocycles. The van der Waals surface area contributed by atoms with Gasteiger partial charge in [0.05, 0.1) is 48.0 Å². The number of rotatable bonds is 2. The highest BCUT2D eigenvalue weighted by molar-refractivity contribution is 6.32. The lowest BCUT2D eigenvalue weighted by molar-refractivity contribution is 0.0776. The molecule has 0 aliphatic carbocycles. The summed E-state index contributed by atoms with van der Waals surface area (Å²) in [7, 11) is 1.62. The first kappa shape index (κ1) is 22.0. The zero-order chi connectivity index (χ0) is 23.2. The molecule has 11 heteroatoms. The average molecular weight is 461 g/mol. The third kappa shape index (κ3) is 3.65. The number of hydrogen-bond donors (Lipinski definition) is 2. The summed E-state index contributed by atoms with van der Waals surface area (Å²) in [5.41, 5.74) is 8.79. The van der Waals surface area contributed by atoms with Gasteiger partial charge in [0, 0.05) is 23.7 Å². The molecule has 168 valence electrons. The van der Waals surface area contributed by atoms with Crippen molar-refractivity contribution in [2.24, 2.45) is 0 Å². The van der Waals surface area contributed by atoms with Crippen LogP contribution < -0.4 is 10.5 Å². The average Bonchev–Trinajstić information content (AvgIpc) is 3.05. The Labute approximate surface area is 188 Å². The quantitative estimate of drug-likeness (QED) is 0.603. The molecule has 32 heavy (non-hydrogen) atoms. The third-order valence-corrected chi connectivity index (χ3v) is 5.74. The van der Waals surface area contributed by atoms with Crippen molar-refractivity contribution >= 4 is 23.3 Å². The van der Waals surface area contributed by atoms with E-state index in [2.05, 4.69) is 15.1 Å². The van der Waals surface area contributed by atoms with Gasteiger partial charge in [-0.1, -0.05) is 11.6 Å². The van der Waals surface area contributed by atoms with Gasteiger partial charge in [-0.05, 0) is 26.0 Å².